The minimum absolute atomic E-state index is 0.263. The molecule has 0 aromatic heterocycles. The largest absolute Gasteiger partial charge is 0.310 e. The molecule has 0 aliphatic heterocycles. The lowest BCUT2D eigenvalue weighted by Crippen LogP contribution is -2.17. The van der Waals surface area contributed by atoms with Gasteiger partial charge in [-0.15, -0.1) is 6.42 Å². The first kappa shape index (κ1) is 11.1. The molecule has 1 N–H and O–H groups in total. The Labute approximate surface area is 90.5 Å². The Kier molecular flexibility index (Phi) is 4.00. The van der Waals surface area contributed by atoms with Crippen LogP contribution >= 0.6 is 11.6 Å². The molecule has 1 nitrogen and oxygen atoms in total. The Morgan fingerprint density at radius 3 is 2.79 bits per heavy atom. The third kappa shape index (κ3) is 2.51. The van der Waals surface area contributed by atoms with Gasteiger partial charge in [-0.1, -0.05) is 30.5 Å². The van der Waals surface area contributed by atoms with E-state index in [1.807, 2.05) is 18.2 Å². The summed E-state index contributed by atoms with van der Waals surface area (Å²) in [5.41, 5.74) is 1.91. The van der Waals surface area contributed by atoms with Crippen molar-refractivity contribution >= 4 is 11.6 Å². The Balaban J connectivity index is 2.95. The molecule has 0 amide bonds. The van der Waals surface area contributed by atoms with Gasteiger partial charge in [0.1, 0.15) is 0 Å². The first-order chi connectivity index (χ1) is 6.69. The van der Waals surface area contributed by atoms with Crippen LogP contribution in [0.1, 0.15) is 31.0 Å². The van der Waals surface area contributed by atoms with Gasteiger partial charge in [0.15, 0.2) is 0 Å². The van der Waals surface area contributed by atoms with Crippen LogP contribution in [-0.4, -0.2) is 6.54 Å². The van der Waals surface area contributed by atoms with Crippen LogP contribution in [0.5, 0.6) is 0 Å². The van der Waals surface area contributed by atoms with Crippen molar-refractivity contribution in [1.82, 2.24) is 5.32 Å². The summed E-state index contributed by atoms with van der Waals surface area (Å²) in [7, 11) is 0. The molecule has 1 atom stereocenters. The second-order valence-corrected chi connectivity index (χ2v) is 3.57. The highest BCUT2D eigenvalue weighted by Gasteiger charge is 2.07. The van der Waals surface area contributed by atoms with Crippen molar-refractivity contribution in [2.45, 2.75) is 19.9 Å². The molecule has 0 radical (unpaired) electrons. The van der Waals surface area contributed by atoms with Crippen LogP contribution in [0.15, 0.2) is 18.2 Å². The summed E-state index contributed by atoms with van der Waals surface area (Å²) in [6, 6.07) is 5.98. The minimum atomic E-state index is 0.263. The highest BCUT2D eigenvalue weighted by molar-refractivity contribution is 6.31. The van der Waals surface area contributed by atoms with Crippen molar-refractivity contribution in [1.29, 1.82) is 0 Å². The van der Waals surface area contributed by atoms with Gasteiger partial charge < -0.3 is 5.32 Å². The molecule has 0 aliphatic carbocycles. The van der Waals surface area contributed by atoms with Crippen molar-refractivity contribution in [2.75, 3.05) is 6.54 Å². The molecule has 14 heavy (non-hydrogen) atoms. The van der Waals surface area contributed by atoms with Crippen LogP contribution in [0.3, 0.4) is 0 Å². The summed E-state index contributed by atoms with van der Waals surface area (Å²) < 4.78 is 0. The van der Waals surface area contributed by atoms with E-state index in [4.69, 9.17) is 18.0 Å². The molecular weight excluding hydrogens is 194 g/mol. The zero-order valence-electron chi connectivity index (χ0n) is 8.47. The van der Waals surface area contributed by atoms with E-state index in [1.54, 1.807) is 0 Å². The topological polar surface area (TPSA) is 12.0 Å². The van der Waals surface area contributed by atoms with Crippen molar-refractivity contribution < 1.29 is 0 Å². The Morgan fingerprint density at radius 2 is 2.29 bits per heavy atom. The molecule has 74 valence electrons. The van der Waals surface area contributed by atoms with E-state index >= 15 is 0 Å². The van der Waals surface area contributed by atoms with E-state index in [0.29, 0.717) is 0 Å². The average Bonchev–Trinajstić information content (AvgIpc) is 2.17. The van der Waals surface area contributed by atoms with Crippen molar-refractivity contribution in [3.05, 3.63) is 34.3 Å². The van der Waals surface area contributed by atoms with E-state index in [1.165, 1.54) is 0 Å². The van der Waals surface area contributed by atoms with Crippen LogP contribution in [0.2, 0.25) is 5.02 Å². The molecule has 2 heteroatoms. The third-order valence-corrected chi connectivity index (χ3v) is 2.47. The highest BCUT2D eigenvalue weighted by Crippen LogP contribution is 2.23. The van der Waals surface area contributed by atoms with Gasteiger partial charge in [-0.05, 0) is 31.2 Å². The maximum Gasteiger partial charge on any atom is 0.0466 e. The van der Waals surface area contributed by atoms with Gasteiger partial charge in [0.25, 0.3) is 0 Å². The Bertz CT molecular complexity index is 352. The standard InChI is InChI=1S/C12H14ClN/c1-4-10-6-7-11(12(13)8-10)9(3)14-5-2/h1,6-9,14H,5H2,2-3H3. The number of terminal acetylenes is 1. The Hall–Kier alpha value is -0.970. The number of hydrogen-bond acceptors (Lipinski definition) is 1. The van der Waals surface area contributed by atoms with Gasteiger partial charge >= 0.3 is 0 Å². The predicted octanol–water partition coefficient (Wildman–Crippen LogP) is 2.99. The molecule has 0 saturated carbocycles. The molecular formula is C12H14ClN. The molecule has 1 unspecified atom stereocenters. The van der Waals surface area contributed by atoms with E-state index in [2.05, 4.69) is 25.1 Å². The second-order valence-electron chi connectivity index (χ2n) is 3.16. The fourth-order valence-electron chi connectivity index (χ4n) is 1.38. The van der Waals surface area contributed by atoms with Gasteiger partial charge in [0, 0.05) is 16.6 Å². The maximum atomic E-state index is 6.10. The Morgan fingerprint density at radius 1 is 1.57 bits per heavy atom. The quantitative estimate of drug-likeness (QED) is 0.752. The van der Waals surface area contributed by atoms with Crippen LogP contribution in [0.4, 0.5) is 0 Å². The van der Waals surface area contributed by atoms with Crippen LogP contribution in [0.25, 0.3) is 0 Å². The fraction of sp³-hybridized carbons (Fsp3) is 0.333. The minimum Gasteiger partial charge on any atom is -0.310 e. The lowest BCUT2D eigenvalue weighted by atomic mass is 10.1. The molecule has 0 fully saturated rings. The summed E-state index contributed by atoms with van der Waals surface area (Å²) in [6.45, 7) is 5.08. The SMILES string of the molecule is C#Cc1ccc(C(C)NCC)c(Cl)c1. The zero-order chi connectivity index (χ0) is 10.6. The molecule has 1 aromatic carbocycles. The van der Waals surface area contributed by atoms with Crippen molar-refractivity contribution in [3.8, 4) is 12.3 Å². The van der Waals surface area contributed by atoms with E-state index in [9.17, 15) is 0 Å². The molecule has 0 bridgehead atoms. The monoisotopic (exact) mass is 207 g/mol. The third-order valence-electron chi connectivity index (χ3n) is 2.14. The van der Waals surface area contributed by atoms with Crippen LogP contribution in [-0.2, 0) is 0 Å². The number of nitrogens with one attached hydrogen (secondary N) is 1. The smallest absolute Gasteiger partial charge is 0.0466 e. The van der Waals surface area contributed by atoms with Crippen LogP contribution in [0, 0.1) is 12.3 Å². The highest BCUT2D eigenvalue weighted by atomic mass is 35.5. The fourth-order valence-corrected chi connectivity index (χ4v) is 1.73. The first-order valence-electron chi connectivity index (χ1n) is 4.68. The van der Waals surface area contributed by atoms with Gasteiger partial charge in [-0.2, -0.15) is 0 Å². The average molecular weight is 208 g/mol. The lowest BCUT2D eigenvalue weighted by molar-refractivity contribution is 0.598. The van der Waals surface area contributed by atoms with E-state index in [0.717, 1.165) is 22.7 Å². The van der Waals surface area contributed by atoms with E-state index in [-0.39, 0.29) is 6.04 Å². The summed E-state index contributed by atoms with van der Waals surface area (Å²) >= 11 is 6.10. The summed E-state index contributed by atoms with van der Waals surface area (Å²) in [6.07, 6.45) is 5.28. The van der Waals surface area contributed by atoms with Gasteiger partial charge in [0.2, 0.25) is 0 Å². The first-order valence-corrected chi connectivity index (χ1v) is 5.06. The lowest BCUT2D eigenvalue weighted by Gasteiger charge is -2.14. The molecule has 0 spiro atoms. The molecule has 0 heterocycles. The second kappa shape index (κ2) is 5.05. The summed E-state index contributed by atoms with van der Waals surface area (Å²) in [5.74, 6) is 2.56. The summed E-state index contributed by atoms with van der Waals surface area (Å²) in [5, 5.41) is 4.03. The molecule has 0 aliphatic rings. The molecule has 0 saturated heterocycles. The van der Waals surface area contributed by atoms with E-state index < -0.39 is 0 Å². The number of benzene rings is 1. The zero-order valence-corrected chi connectivity index (χ0v) is 9.23. The van der Waals surface area contributed by atoms with Crippen LogP contribution < -0.4 is 5.32 Å². The number of hydrogen-bond donors (Lipinski definition) is 1. The van der Waals surface area contributed by atoms with Gasteiger partial charge in [0.05, 0.1) is 0 Å². The molecule has 1 rings (SSSR count). The number of rotatable bonds is 3. The van der Waals surface area contributed by atoms with Crippen molar-refractivity contribution in [2.24, 2.45) is 0 Å². The normalized spacial score (nSPS) is 12.1. The van der Waals surface area contributed by atoms with Crippen molar-refractivity contribution in [3.63, 3.8) is 0 Å². The van der Waals surface area contributed by atoms with Gasteiger partial charge in [-0.3, -0.25) is 0 Å². The predicted molar refractivity (Wildman–Crippen MR) is 61.5 cm³/mol. The maximum absolute atomic E-state index is 6.10. The summed E-state index contributed by atoms with van der Waals surface area (Å²) in [4.78, 5) is 0. The van der Waals surface area contributed by atoms with Gasteiger partial charge in [-0.25, -0.2) is 0 Å². The number of halogens is 1. The molecule has 1 aromatic rings.